The molecular weight excluding hydrogens is 386 g/mol. The molecule has 2 aliphatic rings. The molecule has 0 amide bonds. The maximum absolute atomic E-state index is 13.6. The molecule has 1 unspecified atom stereocenters. The van der Waals surface area contributed by atoms with Crippen LogP contribution in [0.25, 0.3) is 0 Å². The van der Waals surface area contributed by atoms with Gasteiger partial charge in [0.1, 0.15) is 0 Å². The molecule has 4 heteroatoms. The molecule has 1 aliphatic heterocycles. The van der Waals surface area contributed by atoms with Gasteiger partial charge in [0.25, 0.3) is 0 Å². The number of aliphatic hydroxyl groups excluding tert-OH is 1. The van der Waals surface area contributed by atoms with E-state index in [4.69, 9.17) is 0 Å². The van der Waals surface area contributed by atoms with Gasteiger partial charge in [-0.15, -0.1) is 0 Å². The molecule has 0 saturated carbocycles. The van der Waals surface area contributed by atoms with Crippen LogP contribution >= 0.6 is 0 Å². The second-order valence-electron chi connectivity index (χ2n) is 7.89. The van der Waals surface area contributed by atoms with Crippen LogP contribution in [0, 0.1) is 11.3 Å². The van der Waals surface area contributed by atoms with E-state index < -0.39 is 11.3 Å². The van der Waals surface area contributed by atoms with Crippen molar-refractivity contribution in [1.82, 2.24) is 5.32 Å². The van der Waals surface area contributed by atoms with Crippen molar-refractivity contribution < 1.29 is 14.7 Å². The van der Waals surface area contributed by atoms with E-state index in [1.54, 1.807) is 36.7 Å². The lowest BCUT2D eigenvalue weighted by Gasteiger charge is -2.42. The Labute approximate surface area is 182 Å². The number of benzene rings is 2. The predicted molar refractivity (Wildman–Crippen MR) is 121 cm³/mol. The minimum atomic E-state index is -0.571. The molecule has 1 heterocycles. The van der Waals surface area contributed by atoms with Gasteiger partial charge in [-0.25, -0.2) is 0 Å². The predicted octanol–water partition coefficient (Wildman–Crippen LogP) is 4.62. The second kappa shape index (κ2) is 9.11. The average Bonchev–Trinajstić information content (AvgIpc) is 2.84. The van der Waals surface area contributed by atoms with Crippen LogP contribution in [0.4, 0.5) is 0 Å². The fraction of sp³-hybridized carbons (Fsp3) is 0.185. The number of hydrogen-bond donors (Lipinski definition) is 2. The van der Waals surface area contributed by atoms with Crippen molar-refractivity contribution in [1.29, 1.82) is 0 Å². The zero-order valence-electron chi connectivity index (χ0n) is 17.2. The fourth-order valence-electron chi connectivity index (χ4n) is 4.51. The third-order valence-electron chi connectivity index (χ3n) is 6.02. The van der Waals surface area contributed by atoms with Gasteiger partial charge in [0, 0.05) is 52.6 Å². The highest BCUT2D eigenvalue weighted by molar-refractivity contribution is 6.14. The summed E-state index contributed by atoms with van der Waals surface area (Å²) in [7, 11) is 0. The Morgan fingerprint density at radius 1 is 0.871 bits per heavy atom. The van der Waals surface area contributed by atoms with Crippen molar-refractivity contribution >= 4 is 11.6 Å². The summed E-state index contributed by atoms with van der Waals surface area (Å²) >= 11 is 0. The highest BCUT2D eigenvalue weighted by Gasteiger charge is 2.45. The Kier molecular flexibility index (Phi) is 6.10. The van der Waals surface area contributed by atoms with Crippen LogP contribution in [0.2, 0.25) is 0 Å². The Hall–Kier alpha value is -3.50. The number of ketones is 2. The quantitative estimate of drug-likeness (QED) is 0.652. The lowest BCUT2D eigenvalue weighted by atomic mass is 9.61. The number of Topliss-reactive ketones (excluding diaryl/α,β-unsaturated/α-hetero) is 2. The van der Waals surface area contributed by atoms with E-state index >= 15 is 0 Å². The van der Waals surface area contributed by atoms with Gasteiger partial charge in [0.2, 0.25) is 0 Å². The summed E-state index contributed by atoms with van der Waals surface area (Å²) in [6, 6.07) is 18.2. The summed E-state index contributed by atoms with van der Waals surface area (Å²) in [5.74, 6) is -0.725. The maximum atomic E-state index is 13.6. The van der Waals surface area contributed by atoms with Gasteiger partial charge < -0.3 is 10.4 Å². The lowest BCUT2D eigenvalue weighted by molar-refractivity contribution is 0.0961. The van der Waals surface area contributed by atoms with Crippen LogP contribution < -0.4 is 5.32 Å². The number of carbonyl (C=O) groups excluding carboxylic acids is 2. The molecule has 0 radical (unpaired) electrons. The number of carbonyl (C=O) groups is 2. The maximum Gasteiger partial charge on any atom is 0.191 e. The molecule has 1 aliphatic carbocycles. The first-order valence-electron chi connectivity index (χ1n) is 10.5. The topological polar surface area (TPSA) is 66.4 Å². The van der Waals surface area contributed by atoms with E-state index in [0.29, 0.717) is 35.1 Å². The van der Waals surface area contributed by atoms with Gasteiger partial charge in [-0.1, -0.05) is 85.0 Å². The zero-order chi connectivity index (χ0) is 21.7. The van der Waals surface area contributed by atoms with E-state index in [1.807, 2.05) is 60.7 Å². The van der Waals surface area contributed by atoms with Gasteiger partial charge in [-0.2, -0.15) is 0 Å². The molecule has 0 spiro atoms. The lowest BCUT2D eigenvalue weighted by Crippen LogP contribution is -2.39. The fourth-order valence-corrected chi connectivity index (χ4v) is 4.51. The van der Waals surface area contributed by atoms with Crippen molar-refractivity contribution in [2.75, 3.05) is 6.61 Å². The van der Waals surface area contributed by atoms with Crippen LogP contribution in [0.1, 0.15) is 33.6 Å². The van der Waals surface area contributed by atoms with Gasteiger partial charge in [0.15, 0.2) is 11.6 Å². The van der Waals surface area contributed by atoms with E-state index in [9.17, 15) is 14.7 Å². The Bertz CT molecular complexity index is 1010. The number of hydrogen-bond acceptors (Lipinski definition) is 4. The van der Waals surface area contributed by atoms with Crippen molar-refractivity contribution in [2.24, 2.45) is 11.3 Å². The number of nitrogens with one attached hydrogen (secondary N) is 1. The molecule has 2 aromatic rings. The third-order valence-corrected chi connectivity index (χ3v) is 6.02. The molecule has 0 saturated heterocycles. The Morgan fingerprint density at radius 3 is 1.87 bits per heavy atom. The smallest absolute Gasteiger partial charge is 0.191 e. The first-order valence-corrected chi connectivity index (χ1v) is 10.5. The SMILES string of the molecule is O=C(C1=CNC=C(C(=O)c2ccccc2)C1C1(CCO)C=CC=CC1)c1ccccc1. The van der Waals surface area contributed by atoms with Crippen LogP contribution in [0.3, 0.4) is 0 Å². The molecule has 0 fully saturated rings. The minimum Gasteiger partial charge on any atom is -0.396 e. The molecule has 1 atom stereocenters. The molecule has 4 rings (SSSR count). The summed E-state index contributed by atoms with van der Waals surface area (Å²) in [4.78, 5) is 27.1. The summed E-state index contributed by atoms with van der Waals surface area (Å²) in [6.45, 7) is -0.0400. The molecule has 31 heavy (non-hydrogen) atoms. The first-order chi connectivity index (χ1) is 15.2. The van der Waals surface area contributed by atoms with Crippen molar-refractivity contribution in [3.63, 3.8) is 0 Å². The molecule has 0 aromatic heterocycles. The van der Waals surface area contributed by atoms with E-state index in [2.05, 4.69) is 5.32 Å². The monoisotopic (exact) mass is 411 g/mol. The second-order valence-corrected chi connectivity index (χ2v) is 7.89. The van der Waals surface area contributed by atoms with Crippen LogP contribution in [0.15, 0.2) is 109 Å². The van der Waals surface area contributed by atoms with Gasteiger partial charge in [-0.05, 0) is 12.8 Å². The van der Waals surface area contributed by atoms with Crippen molar-refractivity contribution in [2.45, 2.75) is 12.8 Å². The molecule has 0 bridgehead atoms. The van der Waals surface area contributed by atoms with E-state index in [-0.39, 0.29) is 18.2 Å². The first kappa shape index (κ1) is 20.8. The summed E-state index contributed by atoms with van der Waals surface area (Å²) < 4.78 is 0. The van der Waals surface area contributed by atoms with Gasteiger partial charge in [-0.3, -0.25) is 9.59 Å². The zero-order valence-corrected chi connectivity index (χ0v) is 17.2. The molecule has 4 nitrogen and oxygen atoms in total. The Balaban J connectivity index is 1.82. The normalized spacial score (nSPS) is 20.5. The van der Waals surface area contributed by atoms with Gasteiger partial charge in [0.05, 0.1) is 0 Å². The number of rotatable bonds is 7. The molecule has 156 valence electrons. The van der Waals surface area contributed by atoms with Crippen LogP contribution in [-0.2, 0) is 0 Å². The number of allylic oxidation sites excluding steroid dienone is 6. The number of aliphatic hydroxyl groups is 1. The standard InChI is InChI=1S/C27H25NO3/c29-17-16-27(14-8-3-9-15-27)24-22(25(30)20-10-4-1-5-11-20)18-28-19-23(24)26(31)21-12-6-2-7-13-21/h1-14,18-19,24,28-29H,15-17H2. The molecular formula is C27H25NO3. The molecule has 2 aromatic carbocycles. The summed E-state index contributed by atoms with van der Waals surface area (Å²) in [5, 5.41) is 13.0. The summed E-state index contributed by atoms with van der Waals surface area (Å²) in [5.41, 5.74) is 1.63. The minimum absolute atomic E-state index is 0.0400. The van der Waals surface area contributed by atoms with Gasteiger partial charge >= 0.3 is 0 Å². The highest BCUT2D eigenvalue weighted by atomic mass is 16.3. The third kappa shape index (κ3) is 4.07. The molecule has 2 N–H and O–H groups in total. The Morgan fingerprint density at radius 2 is 1.42 bits per heavy atom. The average molecular weight is 412 g/mol. The largest absolute Gasteiger partial charge is 0.396 e. The van der Waals surface area contributed by atoms with Crippen molar-refractivity contribution in [3.8, 4) is 0 Å². The van der Waals surface area contributed by atoms with Crippen molar-refractivity contribution in [3.05, 3.63) is 120 Å². The van der Waals surface area contributed by atoms with E-state index in [0.717, 1.165) is 0 Å². The van der Waals surface area contributed by atoms with Crippen LogP contribution in [0.5, 0.6) is 0 Å². The van der Waals surface area contributed by atoms with Crippen LogP contribution in [-0.4, -0.2) is 23.3 Å². The summed E-state index contributed by atoms with van der Waals surface area (Å²) in [6.07, 6.45) is 12.5. The number of dihydropyridines is 1. The highest BCUT2D eigenvalue weighted by Crippen LogP contribution is 2.48. The van der Waals surface area contributed by atoms with E-state index in [1.165, 1.54) is 0 Å².